The Bertz CT molecular complexity index is 5490. The average Bonchev–Trinajstić information content (AvgIpc) is 1.58. The van der Waals surface area contributed by atoms with Gasteiger partial charge in [-0.15, -0.1) is 0 Å². The van der Waals surface area contributed by atoms with E-state index in [-0.39, 0.29) is 19.5 Å². The topological polar surface area (TPSA) is 179 Å². The number of benzene rings is 12. The maximum absolute atomic E-state index is 5.90. The van der Waals surface area contributed by atoms with Crippen molar-refractivity contribution in [1.82, 2.24) is 39.9 Å². The Labute approximate surface area is 698 Å². The molecular weight excluding hydrogens is 1620 g/mol. The summed E-state index contributed by atoms with van der Waals surface area (Å²) < 4.78 is 45.6. The molecule has 15 aromatic rings. The standard InChI is InChI=1S/C88H64N8O8S8.Zn/c1-97-49-9-25-57(26-10-49)105-65-41-42-66(106-58-27-11-50(98-2)12-28-58)74-73(65)81-89-82(74)94-84-77-69(109-61-33-17-53(101-5)18-34-61)45-46-70(110-62-35-19-54(102-6)20-36-62)78(77)86(91-84)96-88-80-72(112-64-39-23-56(104-8)24-40-64)48-47-71(111-63-37-21-55(103-7)22-38-63)79(80)87(92-88)95-85-76-68(108-60-31-15-52(100-4)16-32-60)44-43-67(75(76)83(90-85)93-81)107-59-29-13-51(99-3)14-30-59;/h9-48H,1-8H3;/q-2;+2. The molecule has 17 rings (SSSR count). The predicted molar refractivity (Wildman–Crippen MR) is 451 cm³/mol. The molecule has 0 spiro atoms. The molecule has 113 heavy (non-hydrogen) atoms. The third-order valence-corrected chi connectivity index (χ3v) is 26.8. The number of nitrogens with zero attached hydrogens (tertiary/aromatic N) is 8. The van der Waals surface area contributed by atoms with E-state index in [0.29, 0.717) is 45.9 Å². The van der Waals surface area contributed by atoms with E-state index in [1.54, 1.807) is 151 Å². The second kappa shape index (κ2) is 34.3. The van der Waals surface area contributed by atoms with Gasteiger partial charge in [-0.1, -0.05) is 94.1 Å². The van der Waals surface area contributed by atoms with E-state index in [9.17, 15) is 0 Å². The molecule has 2 aliphatic heterocycles. The van der Waals surface area contributed by atoms with E-state index in [4.69, 9.17) is 77.8 Å². The zero-order valence-corrected chi connectivity index (χ0v) is 71.4. The van der Waals surface area contributed by atoms with Crippen LogP contribution in [0.3, 0.4) is 0 Å². The molecule has 0 fully saturated rings. The van der Waals surface area contributed by atoms with Crippen molar-refractivity contribution in [2.24, 2.45) is 0 Å². The van der Waals surface area contributed by atoms with Crippen LogP contribution in [0.25, 0.3) is 89.7 Å². The molecular formula is C88H64N8O8S8Zn. The maximum Gasteiger partial charge on any atom is 2.00 e. The SMILES string of the molecule is COc1ccc(Sc2ccc(Sc3ccc(OC)cc3)c3c2-c2nc-3nc3[n-]c(nc4nc(nc5[n-]c(n2)c2c(Sc6ccc(OC)cc6)ccc(Sc6ccc(OC)cc6)c52)-c2c(Sc5ccc(OC)cc5)ccc(Sc5ccc(OC)cc5)c2-4)c2c(Sc4ccc(OC)cc4)ccc(Sc4ccc(OC)cc4)c32)cc1.[Zn+2]. The van der Waals surface area contributed by atoms with Gasteiger partial charge in [-0.05, 0) is 243 Å². The van der Waals surface area contributed by atoms with Crippen molar-refractivity contribution in [1.29, 1.82) is 0 Å². The van der Waals surface area contributed by atoms with Gasteiger partial charge in [0.05, 0.1) is 80.2 Å². The van der Waals surface area contributed by atoms with E-state index in [2.05, 4.69) is 146 Å². The Kier molecular flexibility index (Phi) is 23.3. The molecule has 0 aliphatic carbocycles. The molecule has 3 aromatic heterocycles. The summed E-state index contributed by atoms with van der Waals surface area (Å²) in [6.07, 6.45) is 0. The zero-order chi connectivity index (χ0) is 76.3. The van der Waals surface area contributed by atoms with Crippen LogP contribution in [-0.4, -0.2) is 86.8 Å². The van der Waals surface area contributed by atoms with Gasteiger partial charge in [0.25, 0.3) is 0 Å². The molecule has 0 saturated heterocycles. The molecule has 5 heterocycles. The van der Waals surface area contributed by atoms with E-state index >= 15 is 0 Å². The molecule has 16 nitrogen and oxygen atoms in total. The largest absolute Gasteiger partial charge is 2.00 e. The molecule has 8 bridgehead atoms. The number of fused-ring (bicyclic) bond motifs is 20. The summed E-state index contributed by atoms with van der Waals surface area (Å²) in [7, 11) is 13.4. The third kappa shape index (κ3) is 16.3. The van der Waals surface area contributed by atoms with Crippen molar-refractivity contribution in [3.63, 3.8) is 0 Å². The van der Waals surface area contributed by atoms with Crippen LogP contribution in [0.4, 0.5) is 0 Å². The van der Waals surface area contributed by atoms with Gasteiger partial charge in [0.2, 0.25) is 0 Å². The van der Waals surface area contributed by atoms with Crippen molar-refractivity contribution < 1.29 is 57.4 Å². The molecule has 25 heteroatoms. The van der Waals surface area contributed by atoms with E-state index in [1.165, 1.54) is 0 Å². The van der Waals surface area contributed by atoms with Gasteiger partial charge in [0.1, 0.15) is 46.0 Å². The molecule has 2 aliphatic rings. The Morgan fingerprint density at radius 1 is 0.186 bits per heavy atom. The number of hydrogen-bond acceptors (Lipinski definition) is 22. The van der Waals surface area contributed by atoms with Crippen LogP contribution >= 0.6 is 94.1 Å². The van der Waals surface area contributed by atoms with Crippen LogP contribution in [0.1, 0.15) is 0 Å². The maximum atomic E-state index is 5.90. The van der Waals surface area contributed by atoms with E-state index < -0.39 is 0 Å². The molecule has 0 saturated carbocycles. The van der Waals surface area contributed by atoms with Crippen LogP contribution in [0.2, 0.25) is 0 Å². The van der Waals surface area contributed by atoms with Gasteiger partial charge in [0.15, 0.2) is 0 Å². The number of hydrogen-bond donors (Lipinski definition) is 0. The smallest absolute Gasteiger partial charge is 0.497 e. The predicted octanol–water partition coefficient (Wildman–Crippen LogP) is 23.4. The summed E-state index contributed by atoms with van der Waals surface area (Å²) in [5.41, 5.74) is 4.44. The van der Waals surface area contributed by atoms with Gasteiger partial charge in [-0.25, -0.2) is 9.97 Å². The van der Waals surface area contributed by atoms with Crippen LogP contribution < -0.4 is 47.9 Å². The van der Waals surface area contributed by atoms with Crippen LogP contribution in [0, 0.1) is 0 Å². The van der Waals surface area contributed by atoms with Crippen molar-refractivity contribution in [3.05, 3.63) is 243 Å². The summed E-state index contributed by atoms with van der Waals surface area (Å²) in [4.78, 5) is 61.2. The summed E-state index contributed by atoms with van der Waals surface area (Å²) in [5, 5.41) is 2.96. The van der Waals surface area contributed by atoms with Crippen LogP contribution in [0.15, 0.2) is 321 Å². The average molecular weight is 1680 g/mol. The van der Waals surface area contributed by atoms with Crippen molar-refractivity contribution >= 4 is 138 Å². The Morgan fingerprint density at radius 3 is 0.478 bits per heavy atom. The summed E-state index contributed by atoms with van der Waals surface area (Å²) >= 11 is 12.7. The molecule has 0 amide bonds. The van der Waals surface area contributed by atoms with Crippen LogP contribution in [-0.2, 0) is 19.5 Å². The van der Waals surface area contributed by atoms with Gasteiger partial charge >= 0.3 is 19.5 Å². The van der Waals surface area contributed by atoms with Crippen molar-refractivity contribution in [2.75, 3.05) is 56.9 Å². The summed E-state index contributed by atoms with van der Waals surface area (Å²) in [6.45, 7) is 0. The second-order valence-corrected chi connectivity index (χ2v) is 33.9. The Hall–Kier alpha value is -10.2. The van der Waals surface area contributed by atoms with Gasteiger partial charge in [-0.3, -0.25) is 0 Å². The number of rotatable bonds is 24. The van der Waals surface area contributed by atoms with Gasteiger partial charge < -0.3 is 67.8 Å². The normalized spacial score (nSPS) is 11.4. The summed E-state index contributed by atoms with van der Waals surface area (Å²) in [5.74, 6) is 7.35. The van der Waals surface area contributed by atoms with Gasteiger partial charge in [0, 0.05) is 145 Å². The number of aromatic nitrogens is 8. The second-order valence-electron chi connectivity index (χ2n) is 25.0. The van der Waals surface area contributed by atoms with E-state index in [1.807, 2.05) is 97.1 Å². The zero-order valence-electron chi connectivity index (χ0n) is 61.9. The minimum Gasteiger partial charge on any atom is -0.497 e. The first kappa shape index (κ1) is 76.8. The number of ether oxygens (including phenoxy) is 8. The fourth-order valence-electron chi connectivity index (χ4n) is 12.8. The molecule has 0 N–H and O–H groups in total. The quantitative estimate of drug-likeness (QED) is 0.0521. The van der Waals surface area contributed by atoms with Gasteiger partial charge in [-0.2, -0.15) is 0 Å². The van der Waals surface area contributed by atoms with Crippen molar-refractivity contribution in [3.8, 4) is 91.5 Å². The first-order chi connectivity index (χ1) is 55.0. The molecule has 0 unspecified atom stereocenters. The summed E-state index contributed by atoms with van der Waals surface area (Å²) in [6, 6.07) is 81.6. The van der Waals surface area contributed by atoms with E-state index in [0.717, 1.165) is 168 Å². The molecule has 0 radical (unpaired) electrons. The van der Waals surface area contributed by atoms with Crippen molar-refractivity contribution in [2.45, 2.75) is 78.3 Å². The number of methoxy groups -OCH3 is 8. The minimum absolute atomic E-state index is 0. The molecule has 12 aromatic carbocycles. The molecule has 0 atom stereocenters. The monoisotopic (exact) mass is 1680 g/mol. The third-order valence-electron chi connectivity index (χ3n) is 18.3. The Balaban J connectivity index is 0.00000964. The first-order valence-corrected chi connectivity index (χ1v) is 41.5. The van der Waals surface area contributed by atoms with Crippen LogP contribution in [0.5, 0.6) is 46.0 Å². The fourth-order valence-corrected chi connectivity index (χ4v) is 20.4. The minimum atomic E-state index is 0. The first-order valence-electron chi connectivity index (χ1n) is 35.0. The molecule has 554 valence electrons. The Morgan fingerprint density at radius 2 is 0.327 bits per heavy atom. The fraction of sp³-hybridized carbons (Fsp3) is 0.0909.